The van der Waals surface area contributed by atoms with Crippen molar-refractivity contribution >= 4 is 17.6 Å². The van der Waals surface area contributed by atoms with Crippen molar-refractivity contribution < 1.29 is 27.5 Å². The largest absolute Gasteiger partial charge is 0.573 e. The molecule has 44 heavy (non-hydrogen) atoms. The highest BCUT2D eigenvalue weighted by molar-refractivity contribution is 5.98. The van der Waals surface area contributed by atoms with Crippen molar-refractivity contribution in [3.8, 4) is 22.8 Å². The van der Waals surface area contributed by atoms with Crippen molar-refractivity contribution in [2.75, 3.05) is 18.5 Å². The number of carbonyl (C=O) groups is 2. The second kappa shape index (κ2) is 12.8. The minimum Gasteiger partial charge on any atom is -0.406 e. The number of amides is 3. The van der Waals surface area contributed by atoms with Crippen LogP contribution in [0.25, 0.3) is 17.1 Å². The van der Waals surface area contributed by atoms with Crippen LogP contribution in [0.2, 0.25) is 0 Å². The van der Waals surface area contributed by atoms with Crippen molar-refractivity contribution in [1.29, 1.82) is 0 Å². The van der Waals surface area contributed by atoms with Gasteiger partial charge in [0.2, 0.25) is 5.91 Å². The number of halogens is 3. The molecule has 230 valence electrons. The lowest BCUT2D eigenvalue weighted by molar-refractivity contribution is -0.274. The zero-order chi connectivity index (χ0) is 31.4. The first kappa shape index (κ1) is 30.5. The maximum Gasteiger partial charge on any atom is 0.573 e. The molecule has 10 nitrogen and oxygen atoms in total. The van der Waals surface area contributed by atoms with Gasteiger partial charge in [0, 0.05) is 18.7 Å². The molecule has 0 bridgehead atoms. The molecule has 2 N–H and O–H groups in total. The van der Waals surface area contributed by atoms with E-state index in [1.54, 1.807) is 11.9 Å². The van der Waals surface area contributed by atoms with Gasteiger partial charge in [-0.05, 0) is 61.2 Å². The van der Waals surface area contributed by atoms with E-state index in [0.29, 0.717) is 17.9 Å². The van der Waals surface area contributed by atoms with Crippen molar-refractivity contribution in [3.05, 3.63) is 90.3 Å². The van der Waals surface area contributed by atoms with E-state index >= 15 is 0 Å². The number of nitrogens with zero attached hydrogens (tertiary/aromatic N) is 5. The van der Waals surface area contributed by atoms with E-state index in [4.69, 9.17) is 0 Å². The second-order valence-electron chi connectivity index (χ2n) is 10.4. The summed E-state index contributed by atoms with van der Waals surface area (Å²) >= 11 is 0. The number of hydrogen-bond donors (Lipinski definition) is 2. The minimum absolute atomic E-state index is 0.101. The number of para-hydroxylation sites is 1. The van der Waals surface area contributed by atoms with E-state index in [1.165, 1.54) is 40.2 Å². The number of hydrogen-bond acceptors (Lipinski definition) is 6. The molecule has 5 rings (SSSR count). The van der Waals surface area contributed by atoms with Crippen LogP contribution in [0.3, 0.4) is 0 Å². The molecule has 2 atom stereocenters. The molecule has 2 unspecified atom stereocenters. The number of alkyl halides is 3. The van der Waals surface area contributed by atoms with Gasteiger partial charge in [-0.25, -0.2) is 14.5 Å². The zero-order valence-corrected chi connectivity index (χ0v) is 24.4. The number of nitrogens with one attached hydrogen (secondary N) is 2. The van der Waals surface area contributed by atoms with E-state index < -0.39 is 12.7 Å². The Morgan fingerprint density at radius 3 is 2.50 bits per heavy atom. The van der Waals surface area contributed by atoms with E-state index in [9.17, 15) is 22.8 Å². The molecule has 1 fully saturated rings. The first-order chi connectivity index (χ1) is 21.0. The molecular formula is C31H32F3N7O3. The molecule has 3 amide bonds. The standard InChI is InChI=1S/C31H32F3N7O3/c1-4-22-7-5-6-8-26(22)41-27(42)18-35-29(41)39(3)30(43)37-20(2)17-21-9-11-23(12-10-21)28-36-19-40(38-28)24-13-15-25(16-14-24)44-31(32,33)34/h5-16,19-20,29,35H,4,17-18H2,1-3H3,(H,37,43). The number of urea groups is 1. The van der Waals surface area contributed by atoms with Crippen LogP contribution in [0.15, 0.2) is 79.1 Å². The summed E-state index contributed by atoms with van der Waals surface area (Å²) in [5, 5.41) is 10.6. The lowest BCUT2D eigenvalue weighted by atomic mass is 10.0. The Morgan fingerprint density at radius 1 is 1.11 bits per heavy atom. The number of anilines is 1. The highest BCUT2D eigenvalue weighted by Crippen LogP contribution is 2.27. The summed E-state index contributed by atoms with van der Waals surface area (Å²) in [5.41, 5.74) is 4.08. The molecule has 0 aliphatic carbocycles. The Kier molecular flexibility index (Phi) is 8.86. The lowest BCUT2D eigenvalue weighted by Gasteiger charge is -2.33. The van der Waals surface area contributed by atoms with Gasteiger partial charge in [0.25, 0.3) is 0 Å². The van der Waals surface area contributed by atoms with Crippen molar-refractivity contribution in [2.24, 2.45) is 0 Å². The summed E-state index contributed by atoms with van der Waals surface area (Å²) in [6.07, 6.45) is -2.57. The number of benzene rings is 3. The number of aryl methyl sites for hydroxylation is 1. The highest BCUT2D eigenvalue weighted by Gasteiger charge is 2.37. The quantitative estimate of drug-likeness (QED) is 0.281. The molecule has 0 spiro atoms. The number of ether oxygens (including phenoxy) is 1. The normalized spacial score (nSPS) is 15.7. The lowest BCUT2D eigenvalue weighted by Crippen LogP contribution is -2.56. The van der Waals surface area contributed by atoms with E-state index in [1.807, 2.05) is 62.4 Å². The molecule has 4 aromatic rings. The smallest absolute Gasteiger partial charge is 0.406 e. The Labute approximate surface area is 252 Å². The van der Waals surface area contributed by atoms with Crippen LogP contribution in [-0.2, 0) is 17.6 Å². The molecule has 1 saturated heterocycles. The van der Waals surface area contributed by atoms with Crippen LogP contribution in [0.1, 0.15) is 25.0 Å². The first-order valence-corrected chi connectivity index (χ1v) is 14.1. The van der Waals surface area contributed by atoms with Gasteiger partial charge in [-0.2, -0.15) is 0 Å². The number of rotatable bonds is 9. The summed E-state index contributed by atoms with van der Waals surface area (Å²) in [6.45, 7) is 4.07. The van der Waals surface area contributed by atoms with Gasteiger partial charge < -0.3 is 10.1 Å². The Hall–Kier alpha value is -4.91. The monoisotopic (exact) mass is 607 g/mol. The molecule has 3 aromatic carbocycles. The van der Waals surface area contributed by atoms with Gasteiger partial charge in [-0.15, -0.1) is 18.3 Å². The minimum atomic E-state index is -4.76. The van der Waals surface area contributed by atoms with Gasteiger partial charge >= 0.3 is 12.4 Å². The maximum atomic E-state index is 13.2. The topological polar surface area (TPSA) is 105 Å². The van der Waals surface area contributed by atoms with Gasteiger partial charge in [-0.1, -0.05) is 49.4 Å². The first-order valence-electron chi connectivity index (χ1n) is 14.1. The van der Waals surface area contributed by atoms with Crippen LogP contribution in [-0.4, -0.2) is 63.9 Å². The molecule has 0 saturated carbocycles. The van der Waals surface area contributed by atoms with Crippen LogP contribution in [0, 0.1) is 0 Å². The maximum absolute atomic E-state index is 13.2. The number of carbonyl (C=O) groups excluding carboxylic acids is 2. The highest BCUT2D eigenvalue weighted by atomic mass is 19.4. The second-order valence-corrected chi connectivity index (χ2v) is 10.4. The molecule has 1 aromatic heterocycles. The molecular weight excluding hydrogens is 575 g/mol. The van der Waals surface area contributed by atoms with Gasteiger partial charge in [-0.3, -0.25) is 19.9 Å². The van der Waals surface area contributed by atoms with E-state index in [2.05, 4.69) is 25.5 Å². The van der Waals surface area contributed by atoms with Gasteiger partial charge in [0.1, 0.15) is 12.1 Å². The Bertz CT molecular complexity index is 1610. The molecule has 13 heteroatoms. The number of aromatic nitrogens is 3. The van der Waals surface area contributed by atoms with E-state index in [-0.39, 0.29) is 30.3 Å². The summed E-state index contributed by atoms with van der Waals surface area (Å²) in [7, 11) is 1.66. The zero-order valence-electron chi connectivity index (χ0n) is 24.4. The molecule has 0 radical (unpaired) electrons. The summed E-state index contributed by atoms with van der Waals surface area (Å²) in [5.74, 6) is 0.0265. The third-order valence-corrected chi connectivity index (χ3v) is 7.22. The fourth-order valence-corrected chi connectivity index (χ4v) is 5.05. The molecule has 2 heterocycles. The fourth-order valence-electron chi connectivity index (χ4n) is 5.05. The third kappa shape index (κ3) is 7.00. The van der Waals surface area contributed by atoms with Crippen molar-refractivity contribution in [2.45, 2.75) is 45.4 Å². The summed E-state index contributed by atoms with van der Waals surface area (Å²) < 4.78 is 42.6. The molecule has 1 aliphatic heterocycles. The Balaban J connectivity index is 1.18. The predicted molar refractivity (Wildman–Crippen MR) is 158 cm³/mol. The fraction of sp³-hybridized carbons (Fsp3) is 0.290. The summed E-state index contributed by atoms with van der Waals surface area (Å²) in [6, 6.07) is 20.1. The predicted octanol–water partition coefficient (Wildman–Crippen LogP) is 4.89. The summed E-state index contributed by atoms with van der Waals surface area (Å²) in [4.78, 5) is 33.4. The SMILES string of the molecule is CCc1ccccc1N1C(=O)CNC1N(C)C(=O)NC(C)Cc1ccc(-c2ncn(-c3ccc(OC(F)(F)F)cc3)n2)cc1. The Morgan fingerprint density at radius 2 is 1.82 bits per heavy atom. The van der Waals surface area contributed by atoms with Crippen LogP contribution in [0.4, 0.5) is 23.7 Å². The van der Waals surface area contributed by atoms with Crippen LogP contribution in [0.5, 0.6) is 5.75 Å². The van der Waals surface area contributed by atoms with E-state index in [0.717, 1.165) is 28.8 Å². The van der Waals surface area contributed by atoms with Crippen molar-refractivity contribution in [1.82, 2.24) is 30.3 Å². The van der Waals surface area contributed by atoms with Gasteiger partial charge in [0.05, 0.1) is 17.9 Å². The average Bonchev–Trinajstić information content (AvgIpc) is 3.64. The molecule has 1 aliphatic rings. The van der Waals surface area contributed by atoms with Crippen molar-refractivity contribution in [3.63, 3.8) is 0 Å². The average molecular weight is 608 g/mol. The van der Waals surface area contributed by atoms with Crippen LogP contribution < -0.4 is 20.3 Å². The van der Waals surface area contributed by atoms with Crippen LogP contribution >= 0.6 is 0 Å². The third-order valence-electron chi connectivity index (χ3n) is 7.22. The van der Waals surface area contributed by atoms with Gasteiger partial charge in [0.15, 0.2) is 12.1 Å².